The molecule has 0 saturated heterocycles. The molecular weight excluding hydrogens is 424 g/mol. The number of benzene rings is 2. The van der Waals surface area contributed by atoms with Gasteiger partial charge >= 0.3 is 0 Å². The number of hydrogen-bond acceptors (Lipinski definition) is 4. The van der Waals surface area contributed by atoms with Gasteiger partial charge in [0, 0.05) is 0 Å². The van der Waals surface area contributed by atoms with Crippen LogP contribution in [0, 0.1) is 17.8 Å². The third-order valence-electron chi connectivity index (χ3n) is 5.51. The van der Waals surface area contributed by atoms with Crippen molar-refractivity contribution in [2.45, 2.75) is 52.4 Å². The maximum atomic E-state index is 10.6. The predicted octanol–water partition coefficient (Wildman–Crippen LogP) is 6.52. The lowest BCUT2D eigenvalue weighted by molar-refractivity contribution is -0.0284. The van der Waals surface area contributed by atoms with Crippen LogP contribution >= 0.6 is 0 Å². The van der Waals surface area contributed by atoms with Gasteiger partial charge in [0.05, 0.1) is 25.4 Å². The summed E-state index contributed by atoms with van der Waals surface area (Å²) in [6.45, 7) is 8.68. The Balaban J connectivity index is 2.19. The highest BCUT2D eigenvalue weighted by atomic mass is 16.5. The van der Waals surface area contributed by atoms with E-state index in [1.165, 1.54) is 0 Å². The molecule has 0 aliphatic heterocycles. The van der Waals surface area contributed by atoms with E-state index in [9.17, 15) is 10.2 Å². The highest BCUT2D eigenvalue weighted by molar-refractivity contribution is 5.30. The number of aliphatic hydroxyl groups excluding tert-OH is 1. The van der Waals surface area contributed by atoms with Gasteiger partial charge in [0.15, 0.2) is 0 Å². The number of terminal acetylenes is 1. The Morgan fingerprint density at radius 3 is 2.29 bits per heavy atom. The molecule has 0 radical (unpaired) electrons. The summed E-state index contributed by atoms with van der Waals surface area (Å²) in [5.74, 6) is 3.53. The molecule has 0 bridgehead atoms. The van der Waals surface area contributed by atoms with Crippen molar-refractivity contribution < 1.29 is 19.7 Å². The first-order valence-corrected chi connectivity index (χ1v) is 11.3. The second kappa shape index (κ2) is 12.3. The number of ether oxygens (including phenoxy) is 2. The van der Waals surface area contributed by atoms with E-state index in [1.54, 1.807) is 43.5 Å². The second-order valence-electron chi connectivity index (χ2n) is 9.40. The average Bonchev–Trinajstić information content (AvgIpc) is 2.81. The fourth-order valence-corrected chi connectivity index (χ4v) is 3.71. The van der Waals surface area contributed by atoms with Crippen LogP contribution < -0.4 is 4.74 Å². The Kier molecular flexibility index (Phi) is 9.74. The molecule has 2 rings (SSSR count). The summed E-state index contributed by atoms with van der Waals surface area (Å²) in [7, 11) is 1.65. The fourth-order valence-electron chi connectivity index (χ4n) is 3.71. The number of aromatic hydroxyl groups is 1. The van der Waals surface area contributed by atoms with E-state index in [2.05, 4.69) is 26.7 Å². The van der Waals surface area contributed by atoms with E-state index in [1.807, 2.05) is 49.4 Å². The van der Waals surface area contributed by atoms with Gasteiger partial charge < -0.3 is 19.7 Å². The normalized spacial score (nSPS) is 15.3. The molecule has 180 valence electrons. The summed E-state index contributed by atoms with van der Waals surface area (Å²) >= 11 is 0. The topological polar surface area (TPSA) is 58.9 Å². The molecule has 4 heteroatoms. The molecule has 2 aromatic carbocycles. The van der Waals surface area contributed by atoms with E-state index in [4.69, 9.17) is 15.9 Å². The molecule has 34 heavy (non-hydrogen) atoms. The molecule has 0 aliphatic carbocycles. The maximum Gasteiger partial charge on any atom is 0.118 e. The van der Waals surface area contributed by atoms with Gasteiger partial charge in [-0.3, -0.25) is 0 Å². The lowest BCUT2D eigenvalue weighted by atomic mass is 9.79. The quantitative estimate of drug-likeness (QED) is 0.228. The molecule has 0 amide bonds. The smallest absolute Gasteiger partial charge is 0.118 e. The van der Waals surface area contributed by atoms with Crippen LogP contribution in [-0.4, -0.2) is 22.9 Å². The third-order valence-corrected chi connectivity index (χ3v) is 5.51. The molecule has 2 aromatic rings. The molecule has 0 saturated carbocycles. The van der Waals surface area contributed by atoms with Crippen LogP contribution in [-0.2, 0) is 11.3 Å². The minimum absolute atomic E-state index is 0.172. The van der Waals surface area contributed by atoms with E-state index in [0.29, 0.717) is 13.0 Å². The zero-order chi connectivity index (χ0) is 25.2. The number of rotatable bonds is 11. The zero-order valence-electron chi connectivity index (χ0n) is 20.8. The minimum Gasteiger partial charge on any atom is -0.508 e. The number of methoxy groups -OCH3 is 1. The SMILES string of the molecule is C#C/C=C(C)/C=C/[C@@](C)(CC(C)(C)/C=C/C(O)c1ccc(O)cc1)OCc1ccc(OC)cc1. The Bertz CT molecular complexity index is 1040. The molecule has 1 unspecified atom stereocenters. The van der Waals surface area contributed by atoms with Crippen molar-refractivity contribution in [2.75, 3.05) is 7.11 Å². The van der Waals surface area contributed by atoms with Crippen molar-refractivity contribution >= 4 is 0 Å². The van der Waals surface area contributed by atoms with Crippen molar-refractivity contribution in [1.29, 1.82) is 0 Å². The Labute approximate surface area is 204 Å². The number of allylic oxidation sites excluding steroid dienone is 4. The van der Waals surface area contributed by atoms with Crippen LogP contribution in [0.25, 0.3) is 0 Å². The van der Waals surface area contributed by atoms with E-state index in [0.717, 1.165) is 22.4 Å². The summed E-state index contributed by atoms with van der Waals surface area (Å²) in [5.41, 5.74) is 1.88. The standard InChI is InChI=1S/C30H36O4/c1-7-8-23(2)17-20-30(5,34-21-24-9-15-27(33-6)16-10-24)22-29(3,4)19-18-28(32)25-11-13-26(31)14-12-25/h1,8-20,28,31-32H,21-22H2,2-6H3/b19-18+,20-17+,23-8+/t28?,30-/m0/s1. The van der Waals surface area contributed by atoms with Gasteiger partial charge in [-0.1, -0.05) is 68.3 Å². The van der Waals surface area contributed by atoms with Gasteiger partial charge in [0.25, 0.3) is 0 Å². The Morgan fingerprint density at radius 1 is 1.06 bits per heavy atom. The number of hydrogen-bond donors (Lipinski definition) is 2. The van der Waals surface area contributed by atoms with E-state index < -0.39 is 11.7 Å². The minimum atomic E-state index is -0.761. The predicted molar refractivity (Wildman–Crippen MR) is 139 cm³/mol. The number of phenolic OH excluding ortho intramolecular Hbond substituents is 1. The summed E-state index contributed by atoms with van der Waals surface area (Å²) in [5, 5.41) is 20.0. The molecule has 2 atom stereocenters. The second-order valence-corrected chi connectivity index (χ2v) is 9.40. The molecule has 0 aromatic heterocycles. The van der Waals surface area contributed by atoms with Crippen molar-refractivity contribution in [3.63, 3.8) is 0 Å². The largest absolute Gasteiger partial charge is 0.508 e. The van der Waals surface area contributed by atoms with Gasteiger partial charge in [-0.2, -0.15) is 0 Å². The fraction of sp³-hybridized carbons (Fsp3) is 0.333. The summed E-state index contributed by atoms with van der Waals surface area (Å²) in [6.07, 6.45) is 14.9. The first-order chi connectivity index (χ1) is 16.1. The molecule has 0 spiro atoms. The lowest BCUT2D eigenvalue weighted by Gasteiger charge is -2.34. The van der Waals surface area contributed by atoms with Crippen LogP contribution in [0.3, 0.4) is 0 Å². The van der Waals surface area contributed by atoms with Gasteiger partial charge in [0.1, 0.15) is 11.5 Å². The third kappa shape index (κ3) is 8.94. The van der Waals surface area contributed by atoms with Gasteiger partial charge in [-0.15, -0.1) is 6.42 Å². The van der Waals surface area contributed by atoms with Crippen molar-refractivity contribution in [3.8, 4) is 23.8 Å². The van der Waals surface area contributed by atoms with Crippen molar-refractivity contribution in [3.05, 3.63) is 95.6 Å². The van der Waals surface area contributed by atoms with E-state index >= 15 is 0 Å². The molecule has 4 nitrogen and oxygen atoms in total. The Hall–Kier alpha value is -3.26. The molecule has 0 fully saturated rings. The first-order valence-electron chi connectivity index (χ1n) is 11.3. The zero-order valence-corrected chi connectivity index (χ0v) is 20.8. The molecule has 0 aliphatic rings. The van der Waals surface area contributed by atoms with Gasteiger partial charge in [-0.25, -0.2) is 0 Å². The number of aliphatic hydroxyl groups is 1. The van der Waals surface area contributed by atoms with Crippen LogP contribution in [0.2, 0.25) is 0 Å². The lowest BCUT2D eigenvalue weighted by Crippen LogP contribution is -2.32. The van der Waals surface area contributed by atoms with Crippen LogP contribution in [0.4, 0.5) is 0 Å². The maximum absolute atomic E-state index is 10.6. The monoisotopic (exact) mass is 460 g/mol. The van der Waals surface area contributed by atoms with Crippen molar-refractivity contribution in [2.24, 2.45) is 5.41 Å². The first kappa shape index (κ1) is 27.0. The van der Waals surface area contributed by atoms with Crippen molar-refractivity contribution in [1.82, 2.24) is 0 Å². The summed E-state index contributed by atoms with van der Waals surface area (Å²) in [6, 6.07) is 14.4. The van der Waals surface area contributed by atoms with Crippen LogP contribution in [0.15, 0.2) is 84.5 Å². The molecule has 0 heterocycles. The highest BCUT2D eigenvalue weighted by Gasteiger charge is 2.30. The summed E-state index contributed by atoms with van der Waals surface area (Å²) in [4.78, 5) is 0. The molecule has 2 N–H and O–H groups in total. The van der Waals surface area contributed by atoms with Gasteiger partial charge in [0.2, 0.25) is 0 Å². The van der Waals surface area contributed by atoms with Crippen LogP contribution in [0.5, 0.6) is 11.5 Å². The van der Waals surface area contributed by atoms with Crippen LogP contribution in [0.1, 0.15) is 51.3 Å². The van der Waals surface area contributed by atoms with E-state index in [-0.39, 0.29) is 11.2 Å². The number of phenols is 1. The van der Waals surface area contributed by atoms with Gasteiger partial charge in [-0.05, 0) is 72.7 Å². The highest BCUT2D eigenvalue weighted by Crippen LogP contribution is 2.35. The Morgan fingerprint density at radius 2 is 1.71 bits per heavy atom. The average molecular weight is 461 g/mol. The molecular formula is C30H36O4. The summed E-state index contributed by atoms with van der Waals surface area (Å²) < 4.78 is 11.7.